The van der Waals surface area contributed by atoms with E-state index in [0.717, 1.165) is 17.8 Å². The number of nitrogens with zero attached hydrogens (tertiary/aromatic N) is 2. The van der Waals surface area contributed by atoms with E-state index < -0.39 is 12.0 Å². The highest BCUT2D eigenvalue weighted by Gasteiger charge is 2.15. The molecule has 0 aliphatic heterocycles. The first kappa shape index (κ1) is 13.8. The molecule has 2 aromatic heterocycles. The summed E-state index contributed by atoms with van der Waals surface area (Å²) in [7, 11) is 0. The minimum Gasteiger partial charge on any atom is -0.480 e. The molecule has 0 fully saturated rings. The van der Waals surface area contributed by atoms with E-state index in [0.29, 0.717) is 18.0 Å². The maximum atomic E-state index is 11.0. The number of carboxylic acid groups (broad SMARTS) is 1. The molecule has 5 nitrogen and oxygen atoms in total. The fourth-order valence-electron chi connectivity index (χ4n) is 1.93. The number of aromatic nitrogens is 2. The Morgan fingerprint density at radius 3 is 3.00 bits per heavy atom. The van der Waals surface area contributed by atoms with Gasteiger partial charge in [-0.25, -0.2) is 4.98 Å². The number of halogens is 1. The van der Waals surface area contributed by atoms with Crippen LogP contribution < -0.4 is 5.32 Å². The van der Waals surface area contributed by atoms with Crippen LogP contribution in [0.15, 0.2) is 24.5 Å². The van der Waals surface area contributed by atoms with Gasteiger partial charge in [-0.3, -0.25) is 10.1 Å². The summed E-state index contributed by atoms with van der Waals surface area (Å²) in [5, 5.41) is 12.7. The summed E-state index contributed by atoms with van der Waals surface area (Å²) in [4.78, 5) is 15.4. The first-order valence-corrected chi connectivity index (χ1v) is 6.57. The molecule has 0 saturated carbocycles. The molecule has 0 bridgehead atoms. The van der Waals surface area contributed by atoms with E-state index in [4.69, 9.17) is 16.7 Å². The Bertz CT molecular complexity index is 582. The summed E-state index contributed by atoms with van der Waals surface area (Å²) in [6.45, 7) is 2.39. The molecule has 19 heavy (non-hydrogen) atoms. The van der Waals surface area contributed by atoms with E-state index in [1.807, 2.05) is 23.6 Å². The Kier molecular flexibility index (Phi) is 4.39. The van der Waals surface area contributed by atoms with Gasteiger partial charge < -0.3 is 9.51 Å². The lowest BCUT2D eigenvalue weighted by Gasteiger charge is -2.11. The van der Waals surface area contributed by atoms with Crippen LogP contribution in [0.25, 0.3) is 5.65 Å². The molecule has 0 spiro atoms. The maximum absolute atomic E-state index is 11.0. The van der Waals surface area contributed by atoms with Crippen molar-refractivity contribution in [2.24, 2.45) is 0 Å². The number of hydrogen-bond donors (Lipinski definition) is 2. The van der Waals surface area contributed by atoms with Crippen molar-refractivity contribution in [1.82, 2.24) is 14.7 Å². The molecule has 0 saturated heterocycles. The number of rotatable bonds is 6. The molecule has 0 aliphatic rings. The van der Waals surface area contributed by atoms with Crippen molar-refractivity contribution >= 4 is 23.2 Å². The second kappa shape index (κ2) is 6.04. The first-order valence-electron chi connectivity index (χ1n) is 6.19. The van der Waals surface area contributed by atoms with Gasteiger partial charge in [-0.05, 0) is 18.6 Å². The number of fused-ring (bicyclic) bond motifs is 1. The maximum Gasteiger partial charge on any atom is 0.320 e. The van der Waals surface area contributed by atoms with Gasteiger partial charge in [-0.1, -0.05) is 24.9 Å². The molecule has 0 aliphatic carbocycles. The van der Waals surface area contributed by atoms with Crippen LogP contribution in [0, 0.1) is 0 Å². The molecule has 102 valence electrons. The predicted molar refractivity (Wildman–Crippen MR) is 73.4 cm³/mol. The first-order chi connectivity index (χ1) is 9.10. The lowest BCUT2D eigenvalue weighted by atomic mass is 10.1. The molecule has 2 N–H and O–H groups in total. The number of hydrogen-bond acceptors (Lipinski definition) is 3. The van der Waals surface area contributed by atoms with Crippen molar-refractivity contribution in [2.45, 2.75) is 32.4 Å². The smallest absolute Gasteiger partial charge is 0.320 e. The largest absolute Gasteiger partial charge is 0.480 e. The Morgan fingerprint density at radius 2 is 2.32 bits per heavy atom. The van der Waals surface area contributed by atoms with Crippen LogP contribution >= 0.6 is 11.6 Å². The molecular formula is C13H16ClN3O2. The Labute approximate surface area is 116 Å². The zero-order valence-electron chi connectivity index (χ0n) is 10.6. The van der Waals surface area contributed by atoms with E-state index in [9.17, 15) is 4.79 Å². The van der Waals surface area contributed by atoms with Crippen LogP contribution in [0.3, 0.4) is 0 Å². The fourth-order valence-corrected chi connectivity index (χ4v) is 2.10. The molecule has 0 amide bonds. The average Bonchev–Trinajstić information content (AvgIpc) is 2.75. The quantitative estimate of drug-likeness (QED) is 0.853. The van der Waals surface area contributed by atoms with E-state index in [1.165, 1.54) is 0 Å². The van der Waals surface area contributed by atoms with Crippen molar-refractivity contribution in [3.05, 3.63) is 35.2 Å². The zero-order valence-corrected chi connectivity index (χ0v) is 11.4. The monoisotopic (exact) mass is 281 g/mol. The molecule has 2 aromatic rings. The SMILES string of the molecule is CCCC(NCc1cn2cc(Cl)ccc2n1)C(=O)O. The van der Waals surface area contributed by atoms with E-state index in [2.05, 4.69) is 10.3 Å². The topological polar surface area (TPSA) is 66.6 Å². The van der Waals surface area contributed by atoms with Crippen LogP contribution in [0.1, 0.15) is 25.5 Å². The Balaban J connectivity index is 2.06. The number of imidazole rings is 1. The van der Waals surface area contributed by atoms with E-state index >= 15 is 0 Å². The van der Waals surface area contributed by atoms with Crippen molar-refractivity contribution in [3.8, 4) is 0 Å². The standard InChI is InChI=1S/C13H16ClN3O2/c1-2-3-11(13(18)19)15-6-10-8-17-7-9(14)4-5-12(17)16-10/h4-5,7-8,11,15H,2-3,6H2,1H3,(H,18,19). The van der Waals surface area contributed by atoms with Crippen LogP contribution in [-0.4, -0.2) is 26.5 Å². The normalized spacial score (nSPS) is 12.7. The second-order valence-corrected chi connectivity index (χ2v) is 4.84. The molecule has 1 unspecified atom stereocenters. The summed E-state index contributed by atoms with van der Waals surface area (Å²) in [6.07, 6.45) is 5.05. The van der Waals surface area contributed by atoms with E-state index in [1.54, 1.807) is 12.3 Å². The highest BCUT2D eigenvalue weighted by Crippen LogP contribution is 2.12. The van der Waals surface area contributed by atoms with Gasteiger partial charge >= 0.3 is 5.97 Å². The van der Waals surface area contributed by atoms with Gasteiger partial charge in [-0.15, -0.1) is 0 Å². The lowest BCUT2D eigenvalue weighted by Crippen LogP contribution is -2.36. The Hall–Kier alpha value is -1.59. The summed E-state index contributed by atoms with van der Waals surface area (Å²) >= 11 is 5.90. The molecule has 2 rings (SSSR count). The predicted octanol–water partition coefficient (Wildman–Crippen LogP) is 2.33. The molecule has 2 heterocycles. The van der Waals surface area contributed by atoms with Gasteiger partial charge in [0.15, 0.2) is 0 Å². The van der Waals surface area contributed by atoms with Gasteiger partial charge in [0.1, 0.15) is 11.7 Å². The number of carbonyl (C=O) groups is 1. The van der Waals surface area contributed by atoms with Crippen LogP contribution in [0.4, 0.5) is 0 Å². The van der Waals surface area contributed by atoms with E-state index in [-0.39, 0.29) is 0 Å². The van der Waals surface area contributed by atoms with Crippen molar-refractivity contribution < 1.29 is 9.90 Å². The second-order valence-electron chi connectivity index (χ2n) is 4.41. The molecule has 0 aromatic carbocycles. The van der Waals surface area contributed by atoms with Gasteiger partial charge in [0.05, 0.1) is 10.7 Å². The highest BCUT2D eigenvalue weighted by atomic mass is 35.5. The summed E-state index contributed by atoms with van der Waals surface area (Å²) in [6, 6.07) is 3.07. The van der Waals surface area contributed by atoms with Crippen molar-refractivity contribution in [3.63, 3.8) is 0 Å². The molecule has 0 radical (unpaired) electrons. The minimum absolute atomic E-state index is 0.427. The van der Waals surface area contributed by atoms with Gasteiger partial charge in [0.25, 0.3) is 0 Å². The molecule has 1 atom stereocenters. The third-order valence-electron chi connectivity index (χ3n) is 2.87. The highest BCUT2D eigenvalue weighted by molar-refractivity contribution is 6.30. The summed E-state index contributed by atoms with van der Waals surface area (Å²) in [5.74, 6) is -0.825. The minimum atomic E-state index is -0.825. The van der Waals surface area contributed by atoms with Crippen LogP contribution in [0.5, 0.6) is 0 Å². The van der Waals surface area contributed by atoms with Crippen molar-refractivity contribution in [1.29, 1.82) is 0 Å². The Morgan fingerprint density at radius 1 is 1.53 bits per heavy atom. The average molecular weight is 282 g/mol. The van der Waals surface area contributed by atoms with Gasteiger partial charge in [0.2, 0.25) is 0 Å². The number of aliphatic carboxylic acids is 1. The number of pyridine rings is 1. The van der Waals surface area contributed by atoms with Crippen LogP contribution in [0.2, 0.25) is 5.02 Å². The van der Waals surface area contributed by atoms with Crippen LogP contribution in [-0.2, 0) is 11.3 Å². The van der Waals surface area contributed by atoms with Crippen molar-refractivity contribution in [2.75, 3.05) is 0 Å². The number of carboxylic acids is 1. The van der Waals surface area contributed by atoms with Gasteiger partial charge in [-0.2, -0.15) is 0 Å². The molecule has 6 heteroatoms. The third kappa shape index (κ3) is 3.45. The third-order valence-corrected chi connectivity index (χ3v) is 3.09. The number of nitrogens with one attached hydrogen (secondary N) is 1. The summed E-state index contributed by atoms with van der Waals surface area (Å²) < 4.78 is 1.83. The zero-order chi connectivity index (χ0) is 13.8. The summed E-state index contributed by atoms with van der Waals surface area (Å²) in [5.41, 5.74) is 1.59. The van der Waals surface area contributed by atoms with Gasteiger partial charge in [0, 0.05) is 18.9 Å². The lowest BCUT2D eigenvalue weighted by molar-refractivity contribution is -0.139. The molecular weight excluding hydrogens is 266 g/mol. The fraction of sp³-hybridized carbons (Fsp3) is 0.385.